The molecule has 0 aliphatic rings. The molecule has 0 aliphatic carbocycles. The molecule has 1 N–H and O–H groups in total. The zero-order valence-electron chi connectivity index (χ0n) is 11.3. The number of hydrogen-bond acceptors (Lipinski definition) is 5. The number of halogens is 1. The highest BCUT2D eigenvalue weighted by molar-refractivity contribution is 6.30. The van der Waals surface area contributed by atoms with E-state index in [1.807, 2.05) is 25.1 Å². The maximum absolute atomic E-state index is 5.90. The second kappa shape index (κ2) is 6.96. The summed E-state index contributed by atoms with van der Waals surface area (Å²) >= 11 is 5.90. The Morgan fingerprint density at radius 1 is 1.30 bits per heavy atom. The number of nitrogens with one attached hydrogen (secondary N) is 1. The van der Waals surface area contributed by atoms with E-state index >= 15 is 0 Å². The predicted molar refractivity (Wildman–Crippen MR) is 78.6 cm³/mol. The molecule has 1 atom stereocenters. The molecule has 6 heteroatoms. The van der Waals surface area contributed by atoms with Crippen molar-refractivity contribution in [2.75, 3.05) is 19.0 Å². The molecule has 2 aromatic rings. The van der Waals surface area contributed by atoms with Crippen molar-refractivity contribution in [3.63, 3.8) is 0 Å². The van der Waals surface area contributed by atoms with Crippen LogP contribution in [0.25, 0.3) is 0 Å². The van der Waals surface area contributed by atoms with Gasteiger partial charge in [0.25, 0.3) is 0 Å². The van der Waals surface area contributed by atoms with Crippen LogP contribution in [0, 0.1) is 0 Å². The summed E-state index contributed by atoms with van der Waals surface area (Å²) in [5, 5.41) is 3.87. The van der Waals surface area contributed by atoms with E-state index < -0.39 is 0 Å². The van der Waals surface area contributed by atoms with Crippen LogP contribution in [0.3, 0.4) is 0 Å². The third-order valence-corrected chi connectivity index (χ3v) is 2.78. The lowest BCUT2D eigenvalue weighted by Crippen LogP contribution is -2.24. The van der Waals surface area contributed by atoms with Crippen LogP contribution in [-0.2, 0) is 0 Å². The molecule has 1 aromatic heterocycles. The minimum Gasteiger partial charge on any atom is -0.491 e. The number of methoxy groups -OCH3 is 1. The van der Waals surface area contributed by atoms with Crippen molar-refractivity contribution >= 4 is 17.4 Å². The lowest BCUT2D eigenvalue weighted by Gasteiger charge is -2.15. The van der Waals surface area contributed by atoms with Crippen LogP contribution in [0.4, 0.5) is 5.82 Å². The van der Waals surface area contributed by atoms with Crippen LogP contribution in [0.2, 0.25) is 5.02 Å². The van der Waals surface area contributed by atoms with Crippen LogP contribution >= 0.6 is 11.6 Å². The molecule has 0 aliphatic heterocycles. The Kier molecular flexibility index (Phi) is 5.01. The van der Waals surface area contributed by atoms with Gasteiger partial charge in [0.1, 0.15) is 24.5 Å². The summed E-state index contributed by atoms with van der Waals surface area (Å²) in [4.78, 5) is 8.07. The fourth-order valence-corrected chi connectivity index (χ4v) is 1.78. The van der Waals surface area contributed by atoms with Crippen LogP contribution in [0.15, 0.2) is 36.7 Å². The fraction of sp³-hybridized carbons (Fsp3) is 0.286. The van der Waals surface area contributed by atoms with E-state index in [9.17, 15) is 0 Å². The van der Waals surface area contributed by atoms with E-state index in [4.69, 9.17) is 21.1 Å². The highest BCUT2D eigenvalue weighted by atomic mass is 35.5. The predicted octanol–water partition coefficient (Wildman–Crippen LogP) is 3.02. The maximum Gasteiger partial charge on any atom is 0.218 e. The van der Waals surface area contributed by atoms with Gasteiger partial charge in [-0.3, -0.25) is 0 Å². The van der Waals surface area contributed by atoms with Gasteiger partial charge < -0.3 is 14.8 Å². The normalized spacial score (nSPS) is 11.8. The van der Waals surface area contributed by atoms with Crippen molar-refractivity contribution in [3.8, 4) is 11.6 Å². The van der Waals surface area contributed by atoms with Gasteiger partial charge in [0.2, 0.25) is 5.88 Å². The van der Waals surface area contributed by atoms with Gasteiger partial charge in [0.05, 0.1) is 13.2 Å². The zero-order chi connectivity index (χ0) is 14.4. The Hall–Kier alpha value is -2.01. The molecule has 0 radical (unpaired) electrons. The van der Waals surface area contributed by atoms with Crippen molar-refractivity contribution in [2.45, 2.75) is 13.0 Å². The second-order valence-electron chi connectivity index (χ2n) is 4.26. The minimum atomic E-state index is 0.0774. The fourth-order valence-electron chi connectivity index (χ4n) is 1.60. The van der Waals surface area contributed by atoms with Crippen molar-refractivity contribution in [1.82, 2.24) is 9.97 Å². The Bertz CT molecular complexity index is 566. The Morgan fingerprint density at radius 3 is 2.90 bits per heavy atom. The molecule has 5 nitrogen and oxygen atoms in total. The monoisotopic (exact) mass is 293 g/mol. The molecule has 0 saturated heterocycles. The van der Waals surface area contributed by atoms with Crippen LogP contribution in [0.5, 0.6) is 11.6 Å². The summed E-state index contributed by atoms with van der Waals surface area (Å²) in [5.74, 6) is 1.95. The Labute approximate surface area is 122 Å². The third kappa shape index (κ3) is 4.28. The summed E-state index contributed by atoms with van der Waals surface area (Å²) in [6, 6.07) is 9.12. The van der Waals surface area contributed by atoms with Gasteiger partial charge >= 0.3 is 0 Å². The molecule has 0 saturated carbocycles. The Morgan fingerprint density at radius 2 is 2.15 bits per heavy atom. The van der Waals surface area contributed by atoms with Gasteiger partial charge in [0, 0.05) is 11.1 Å². The first-order valence-corrected chi connectivity index (χ1v) is 6.56. The van der Waals surface area contributed by atoms with Gasteiger partial charge in [-0.15, -0.1) is 0 Å². The molecule has 0 fully saturated rings. The number of anilines is 1. The first kappa shape index (κ1) is 14.4. The van der Waals surface area contributed by atoms with Gasteiger partial charge in [-0.2, -0.15) is 0 Å². The lowest BCUT2D eigenvalue weighted by molar-refractivity contribution is 0.303. The molecule has 0 bridgehead atoms. The zero-order valence-corrected chi connectivity index (χ0v) is 12.1. The average molecular weight is 294 g/mol. The summed E-state index contributed by atoms with van der Waals surface area (Å²) in [7, 11) is 1.57. The topological polar surface area (TPSA) is 56.3 Å². The lowest BCUT2D eigenvalue weighted by atomic mass is 10.3. The van der Waals surface area contributed by atoms with Gasteiger partial charge in [-0.1, -0.05) is 17.7 Å². The SMILES string of the molecule is COc1cc(NC(C)COc2cccc(Cl)c2)ncn1. The van der Waals surface area contributed by atoms with Crippen LogP contribution in [0.1, 0.15) is 6.92 Å². The Balaban J connectivity index is 1.87. The molecule has 20 heavy (non-hydrogen) atoms. The van der Waals surface area contributed by atoms with Crippen molar-refractivity contribution < 1.29 is 9.47 Å². The van der Waals surface area contributed by atoms with Crippen LogP contribution in [-0.4, -0.2) is 29.7 Å². The molecule has 2 rings (SSSR count). The van der Waals surface area contributed by atoms with Crippen molar-refractivity contribution in [1.29, 1.82) is 0 Å². The highest BCUT2D eigenvalue weighted by Crippen LogP contribution is 2.17. The first-order chi connectivity index (χ1) is 9.67. The average Bonchev–Trinajstić information content (AvgIpc) is 2.45. The van der Waals surface area contributed by atoms with Gasteiger partial charge in [-0.05, 0) is 25.1 Å². The van der Waals surface area contributed by atoms with E-state index in [1.165, 1.54) is 6.33 Å². The van der Waals surface area contributed by atoms with Crippen molar-refractivity contribution in [2.24, 2.45) is 0 Å². The molecular formula is C14H16ClN3O2. The van der Waals surface area contributed by atoms with E-state index in [0.717, 1.165) is 5.75 Å². The molecule has 1 aromatic carbocycles. The number of nitrogens with zero attached hydrogens (tertiary/aromatic N) is 2. The van der Waals surface area contributed by atoms with Gasteiger partial charge in [0.15, 0.2) is 0 Å². The highest BCUT2D eigenvalue weighted by Gasteiger charge is 2.06. The first-order valence-electron chi connectivity index (χ1n) is 6.18. The summed E-state index contributed by atoms with van der Waals surface area (Å²) in [5.41, 5.74) is 0. The van der Waals surface area contributed by atoms with E-state index in [-0.39, 0.29) is 6.04 Å². The molecule has 1 heterocycles. The number of ether oxygens (including phenoxy) is 2. The maximum atomic E-state index is 5.90. The van der Waals surface area contributed by atoms with Gasteiger partial charge in [-0.25, -0.2) is 9.97 Å². The van der Waals surface area contributed by atoms with Crippen LogP contribution < -0.4 is 14.8 Å². The molecule has 106 valence electrons. The summed E-state index contributed by atoms with van der Waals surface area (Å²) in [6.45, 7) is 2.49. The number of hydrogen-bond donors (Lipinski definition) is 1. The smallest absolute Gasteiger partial charge is 0.218 e. The molecule has 1 unspecified atom stereocenters. The van der Waals surface area contributed by atoms with E-state index in [0.29, 0.717) is 23.3 Å². The summed E-state index contributed by atoms with van der Waals surface area (Å²) < 4.78 is 10.7. The summed E-state index contributed by atoms with van der Waals surface area (Å²) in [6.07, 6.45) is 1.45. The van der Waals surface area contributed by atoms with E-state index in [1.54, 1.807) is 19.2 Å². The standard InChI is InChI=1S/C14H16ClN3O2/c1-10(8-20-12-5-3-4-11(15)6-12)18-13-7-14(19-2)17-9-16-13/h3-7,9-10H,8H2,1-2H3,(H,16,17,18). The molecule has 0 amide bonds. The number of aromatic nitrogens is 2. The molecular weight excluding hydrogens is 278 g/mol. The quantitative estimate of drug-likeness (QED) is 0.887. The third-order valence-electron chi connectivity index (χ3n) is 2.54. The second-order valence-corrected chi connectivity index (χ2v) is 4.70. The molecule has 0 spiro atoms. The van der Waals surface area contributed by atoms with E-state index in [2.05, 4.69) is 15.3 Å². The largest absolute Gasteiger partial charge is 0.491 e. The van der Waals surface area contributed by atoms with Crippen molar-refractivity contribution in [3.05, 3.63) is 41.7 Å². The number of rotatable bonds is 6. The number of benzene rings is 1. The minimum absolute atomic E-state index is 0.0774.